The normalized spacial score (nSPS) is 15.1. The van der Waals surface area contributed by atoms with Crippen molar-refractivity contribution >= 4 is 26.3 Å². The van der Waals surface area contributed by atoms with Crippen molar-refractivity contribution in [1.29, 1.82) is 0 Å². The molecule has 0 bridgehead atoms. The first-order valence-corrected chi connectivity index (χ1v) is 12.3. The van der Waals surface area contributed by atoms with Gasteiger partial charge in [0.15, 0.2) is 15.0 Å². The van der Waals surface area contributed by atoms with E-state index in [0.29, 0.717) is 31.7 Å². The second kappa shape index (κ2) is 8.84. The van der Waals surface area contributed by atoms with Gasteiger partial charge in [0.1, 0.15) is 17.3 Å². The van der Waals surface area contributed by atoms with Gasteiger partial charge in [-0.2, -0.15) is 0 Å². The van der Waals surface area contributed by atoms with Crippen LogP contribution in [-0.2, 0) is 9.84 Å². The summed E-state index contributed by atoms with van der Waals surface area (Å²) in [7, 11) is -0.250. The van der Waals surface area contributed by atoms with Gasteiger partial charge in [-0.25, -0.2) is 17.8 Å². The second-order valence-corrected chi connectivity index (χ2v) is 10.3. The molecule has 1 fully saturated rings. The van der Waals surface area contributed by atoms with Crippen molar-refractivity contribution in [2.45, 2.75) is 23.0 Å². The summed E-state index contributed by atoms with van der Waals surface area (Å²) in [6.07, 6.45) is 0.994. The molecule has 0 atom stereocenters. The fourth-order valence-electron chi connectivity index (χ4n) is 3.72. The molecule has 2 heterocycles. The first-order chi connectivity index (χ1) is 14.9. The highest BCUT2D eigenvalue weighted by atomic mass is 32.2. The molecule has 9 heteroatoms. The van der Waals surface area contributed by atoms with Gasteiger partial charge in [0.05, 0.1) is 30.1 Å². The molecule has 0 radical (unpaired) electrons. The first-order valence-electron chi connectivity index (χ1n) is 9.84. The van der Waals surface area contributed by atoms with Crippen LogP contribution in [0.1, 0.15) is 12.8 Å². The number of aromatic nitrogens is 1. The van der Waals surface area contributed by atoms with E-state index in [1.807, 2.05) is 23.6 Å². The Bertz CT molecular complexity index is 1150. The third-order valence-electron chi connectivity index (χ3n) is 5.47. The van der Waals surface area contributed by atoms with Gasteiger partial charge in [-0.1, -0.05) is 0 Å². The number of anilines is 1. The number of rotatable bonds is 6. The average molecular weight is 463 g/mol. The molecule has 1 aliphatic heterocycles. The maximum absolute atomic E-state index is 13.1. The topological polar surface area (TPSA) is 68.7 Å². The van der Waals surface area contributed by atoms with Crippen LogP contribution < -0.4 is 14.4 Å². The lowest BCUT2D eigenvalue weighted by atomic mass is 10.1. The molecule has 0 aliphatic carbocycles. The Balaban J connectivity index is 1.48. The SMILES string of the molecule is COc1ccc(OC)c(-c2csc(N3CCC(S(=O)(=O)c4ccc(F)cc4)CC3)n2)c1. The van der Waals surface area contributed by atoms with Gasteiger partial charge in [0, 0.05) is 24.0 Å². The Labute approximate surface area is 185 Å². The molecule has 1 aromatic heterocycles. The number of halogens is 1. The lowest BCUT2D eigenvalue weighted by molar-refractivity contribution is 0.404. The third kappa shape index (κ3) is 4.38. The Kier molecular flexibility index (Phi) is 6.15. The molecule has 4 rings (SSSR count). The quantitative estimate of drug-likeness (QED) is 0.506. The maximum Gasteiger partial charge on any atom is 0.185 e. The van der Waals surface area contributed by atoms with E-state index >= 15 is 0 Å². The molecule has 3 aromatic rings. The Morgan fingerprint density at radius 2 is 1.77 bits per heavy atom. The molecule has 0 amide bonds. The average Bonchev–Trinajstić information content (AvgIpc) is 3.29. The minimum Gasteiger partial charge on any atom is -0.497 e. The van der Waals surface area contributed by atoms with Crippen LogP contribution in [0.5, 0.6) is 11.5 Å². The highest BCUT2D eigenvalue weighted by Gasteiger charge is 2.32. The number of hydrogen-bond acceptors (Lipinski definition) is 7. The van der Waals surface area contributed by atoms with Gasteiger partial charge >= 0.3 is 0 Å². The number of ether oxygens (including phenoxy) is 2. The number of benzene rings is 2. The molecular formula is C22H23FN2O4S2. The molecule has 0 unspecified atom stereocenters. The van der Waals surface area contributed by atoms with Gasteiger partial charge in [-0.3, -0.25) is 0 Å². The molecule has 0 saturated carbocycles. The molecule has 0 N–H and O–H groups in total. The Morgan fingerprint density at radius 3 is 2.42 bits per heavy atom. The molecule has 6 nitrogen and oxygen atoms in total. The number of sulfone groups is 1. The zero-order chi connectivity index (χ0) is 22.0. The van der Waals surface area contributed by atoms with E-state index in [1.54, 1.807) is 14.2 Å². The number of methoxy groups -OCH3 is 2. The molecular weight excluding hydrogens is 439 g/mol. The van der Waals surface area contributed by atoms with Crippen molar-refractivity contribution in [3.63, 3.8) is 0 Å². The summed E-state index contributed by atoms with van der Waals surface area (Å²) in [6, 6.07) is 10.6. The summed E-state index contributed by atoms with van der Waals surface area (Å²) in [5, 5.41) is 2.33. The lowest BCUT2D eigenvalue weighted by Gasteiger charge is -2.31. The molecule has 31 heavy (non-hydrogen) atoms. The highest BCUT2D eigenvalue weighted by Crippen LogP contribution is 2.37. The van der Waals surface area contributed by atoms with Crippen molar-refractivity contribution in [2.24, 2.45) is 0 Å². The van der Waals surface area contributed by atoms with Gasteiger partial charge in [-0.05, 0) is 55.3 Å². The van der Waals surface area contributed by atoms with Gasteiger partial charge in [0.2, 0.25) is 0 Å². The number of thiazole rings is 1. The summed E-state index contributed by atoms with van der Waals surface area (Å²) in [4.78, 5) is 7.04. The van der Waals surface area contributed by atoms with Crippen molar-refractivity contribution in [3.05, 3.63) is 53.7 Å². The zero-order valence-electron chi connectivity index (χ0n) is 17.2. The van der Waals surface area contributed by atoms with E-state index < -0.39 is 20.9 Å². The van der Waals surface area contributed by atoms with Crippen LogP contribution in [0.3, 0.4) is 0 Å². The van der Waals surface area contributed by atoms with Crippen LogP contribution >= 0.6 is 11.3 Å². The summed E-state index contributed by atoms with van der Waals surface area (Å²) in [5.41, 5.74) is 1.63. The van der Waals surface area contributed by atoms with Crippen LogP contribution in [0.2, 0.25) is 0 Å². The summed E-state index contributed by atoms with van der Waals surface area (Å²) in [6.45, 7) is 1.18. The van der Waals surface area contributed by atoms with Crippen molar-refractivity contribution in [1.82, 2.24) is 4.98 Å². The summed E-state index contributed by atoms with van der Waals surface area (Å²) in [5.74, 6) is 0.986. The van der Waals surface area contributed by atoms with E-state index in [9.17, 15) is 12.8 Å². The first kappa shape index (κ1) is 21.6. The smallest absolute Gasteiger partial charge is 0.185 e. The fourth-order valence-corrected chi connectivity index (χ4v) is 6.33. The molecule has 1 saturated heterocycles. The van der Waals surface area contributed by atoms with Crippen molar-refractivity contribution in [2.75, 3.05) is 32.2 Å². The largest absolute Gasteiger partial charge is 0.497 e. The monoisotopic (exact) mass is 462 g/mol. The van der Waals surface area contributed by atoms with Crippen LogP contribution in [0.4, 0.5) is 9.52 Å². The van der Waals surface area contributed by atoms with E-state index in [4.69, 9.17) is 14.5 Å². The lowest BCUT2D eigenvalue weighted by Crippen LogP contribution is -2.39. The van der Waals surface area contributed by atoms with Gasteiger partial charge < -0.3 is 14.4 Å². The van der Waals surface area contributed by atoms with Crippen LogP contribution in [-0.4, -0.2) is 46.0 Å². The molecule has 0 spiro atoms. The number of nitrogens with zero attached hydrogens (tertiary/aromatic N) is 2. The Hall–Kier alpha value is -2.65. The number of piperidine rings is 1. The Morgan fingerprint density at radius 1 is 1.06 bits per heavy atom. The summed E-state index contributed by atoms with van der Waals surface area (Å²) >= 11 is 1.52. The maximum atomic E-state index is 13.1. The van der Waals surface area contributed by atoms with Crippen LogP contribution in [0.25, 0.3) is 11.3 Å². The van der Waals surface area contributed by atoms with E-state index in [0.717, 1.165) is 22.1 Å². The minimum absolute atomic E-state index is 0.175. The second-order valence-electron chi connectivity index (χ2n) is 7.27. The van der Waals surface area contributed by atoms with E-state index in [1.165, 1.54) is 35.6 Å². The zero-order valence-corrected chi connectivity index (χ0v) is 18.9. The summed E-state index contributed by atoms with van der Waals surface area (Å²) < 4.78 is 49.7. The van der Waals surface area contributed by atoms with E-state index in [-0.39, 0.29) is 4.90 Å². The third-order valence-corrected chi connectivity index (χ3v) is 8.65. The fraction of sp³-hybridized carbons (Fsp3) is 0.318. The standard InChI is InChI=1S/C22H23FN2O4S2/c1-28-16-5-8-21(29-2)19(13-16)20-14-30-22(24-20)25-11-9-18(10-12-25)31(26,27)17-6-3-15(23)4-7-17/h3-8,13-14,18H,9-12H2,1-2H3. The predicted octanol–water partition coefficient (Wildman–Crippen LogP) is 4.41. The molecule has 2 aromatic carbocycles. The van der Waals surface area contributed by atoms with E-state index in [2.05, 4.69) is 4.90 Å². The van der Waals surface area contributed by atoms with Crippen molar-refractivity contribution in [3.8, 4) is 22.8 Å². The highest BCUT2D eigenvalue weighted by molar-refractivity contribution is 7.92. The predicted molar refractivity (Wildman–Crippen MR) is 119 cm³/mol. The van der Waals surface area contributed by atoms with Gasteiger partial charge in [0.25, 0.3) is 0 Å². The minimum atomic E-state index is -3.48. The van der Waals surface area contributed by atoms with Gasteiger partial charge in [-0.15, -0.1) is 11.3 Å². The van der Waals surface area contributed by atoms with Crippen LogP contribution in [0, 0.1) is 5.82 Å². The molecule has 164 valence electrons. The van der Waals surface area contributed by atoms with Crippen molar-refractivity contribution < 1.29 is 22.3 Å². The molecule has 1 aliphatic rings. The van der Waals surface area contributed by atoms with Crippen LogP contribution in [0.15, 0.2) is 52.7 Å². The number of hydrogen-bond donors (Lipinski definition) is 0.